The number of hydrogen-bond donors (Lipinski definition) is 1. The van der Waals surface area contributed by atoms with E-state index in [1.165, 1.54) is 12.1 Å². The van der Waals surface area contributed by atoms with Crippen LogP contribution in [0.3, 0.4) is 0 Å². The molecule has 1 N–H and O–H groups in total. The van der Waals surface area contributed by atoms with Crippen molar-refractivity contribution >= 4 is 40.9 Å². The van der Waals surface area contributed by atoms with Gasteiger partial charge in [-0.1, -0.05) is 29.8 Å². The lowest BCUT2D eigenvalue weighted by molar-refractivity contribution is -0.385. The van der Waals surface area contributed by atoms with Crippen LogP contribution in [0.1, 0.15) is 5.56 Å². The van der Waals surface area contributed by atoms with Gasteiger partial charge in [-0.2, -0.15) is 5.26 Å². The van der Waals surface area contributed by atoms with E-state index in [1.807, 2.05) is 0 Å². The van der Waals surface area contributed by atoms with Crippen LogP contribution < -0.4 is 15.2 Å². The zero-order valence-corrected chi connectivity index (χ0v) is 14.8. The first-order valence-corrected chi connectivity index (χ1v) is 8.20. The summed E-state index contributed by atoms with van der Waals surface area (Å²) in [6.45, 7) is -0.423. The summed E-state index contributed by atoms with van der Waals surface area (Å²) in [5.41, 5.74) is 2.36. The number of hydrogen-bond acceptors (Lipinski definition) is 6. The number of nitro groups is 1. The first-order valence-electron chi connectivity index (χ1n) is 7.82. The number of nitriles is 1. The maximum absolute atomic E-state index is 12.6. The molecule has 2 amide bonds. The SMILES string of the molecule is N#CCOc1c(Cl)cc(C=C2C(=O)NN(c3ccccc3)C2=O)cc1[N+](=O)[O-]. The summed E-state index contributed by atoms with van der Waals surface area (Å²) in [6, 6.07) is 12.6. The van der Waals surface area contributed by atoms with Gasteiger partial charge in [-0.15, -0.1) is 0 Å². The molecule has 0 unspecified atom stereocenters. The van der Waals surface area contributed by atoms with Gasteiger partial charge in [0.05, 0.1) is 15.6 Å². The lowest BCUT2D eigenvalue weighted by atomic mass is 10.1. The summed E-state index contributed by atoms with van der Waals surface area (Å²) >= 11 is 6.03. The highest BCUT2D eigenvalue weighted by molar-refractivity contribution is 6.33. The fourth-order valence-electron chi connectivity index (χ4n) is 2.55. The van der Waals surface area contributed by atoms with E-state index in [2.05, 4.69) is 5.43 Å². The van der Waals surface area contributed by atoms with E-state index in [0.29, 0.717) is 5.69 Å². The maximum Gasteiger partial charge on any atom is 0.313 e. The molecule has 2 aromatic rings. The van der Waals surface area contributed by atoms with E-state index in [4.69, 9.17) is 21.6 Å². The van der Waals surface area contributed by atoms with E-state index < -0.39 is 29.0 Å². The Kier molecular flexibility index (Phi) is 5.24. The number of nitro benzene ring substituents is 1. The largest absolute Gasteiger partial charge is 0.470 e. The second kappa shape index (κ2) is 7.77. The Labute approximate surface area is 163 Å². The molecule has 3 rings (SSSR count). The van der Waals surface area contributed by atoms with Crippen molar-refractivity contribution in [1.29, 1.82) is 5.26 Å². The van der Waals surface area contributed by atoms with Crippen LogP contribution >= 0.6 is 11.6 Å². The molecule has 0 saturated carbocycles. The third kappa shape index (κ3) is 3.62. The number of anilines is 1. The summed E-state index contributed by atoms with van der Waals surface area (Å²) in [6.07, 6.45) is 1.20. The van der Waals surface area contributed by atoms with Gasteiger partial charge in [0.25, 0.3) is 11.8 Å². The summed E-state index contributed by atoms with van der Waals surface area (Å²) in [5, 5.41) is 20.8. The molecule has 1 aliphatic heterocycles. The molecular formula is C18H11ClN4O5. The van der Waals surface area contributed by atoms with E-state index in [-0.39, 0.29) is 21.9 Å². The van der Waals surface area contributed by atoms with Gasteiger partial charge in [-0.05, 0) is 29.8 Å². The van der Waals surface area contributed by atoms with Gasteiger partial charge < -0.3 is 4.74 Å². The number of amides is 2. The number of carbonyl (C=O) groups is 2. The van der Waals surface area contributed by atoms with Gasteiger partial charge in [0, 0.05) is 6.07 Å². The lowest BCUT2D eigenvalue weighted by Crippen LogP contribution is -2.35. The van der Waals surface area contributed by atoms with E-state index in [9.17, 15) is 19.7 Å². The van der Waals surface area contributed by atoms with Crippen LogP contribution in [0.5, 0.6) is 5.75 Å². The number of para-hydroxylation sites is 1. The molecule has 0 aliphatic carbocycles. The van der Waals surface area contributed by atoms with Crippen molar-refractivity contribution in [1.82, 2.24) is 5.43 Å². The van der Waals surface area contributed by atoms with Crippen LogP contribution in [-0.4, -0.2) is 23.3 Å². The van der Waals surface area contributed by atoms with Crippen LogP contribution in [0, 0.1) is 21.4 Å². The van der Waals surface area contributed by atoms with Crippen LogP contribution in [0.4, 0.5) is 11.4 Å². The maximum atomic E-state index is 12.6. The molecule has 10 heteroatoms. The molecule has 1 heterocycles. The molecule has 0 radical (unpaired) electrons. The van der Waals surface area contributed by atoms with Gasteiger partial charge in [0.1, 0.15) is 11.6 Å². The second-order valence-electron chi connectivity index (χ2n) is 5.53. The molecular weight excluding hydrogens is 388 g/mol. The number of rotatable bonds is 5. The summed E-state index contributed by atoms with van der Waals surface area (Å²) in [5.74, 6) is -1.53. The zero-order valence-electron chi connectivity index (χ0n) is 14.1. The fraction of sp³-hybridized carbons (Fsp3) is 0.0556. The van der Waals surface area contributed by atoms with Gasteiger partial charge in [0.2, 0.25) is 5.75 Å². The van der Waals surface area contributed by atoms with Crippen molar-refractivity contribution < 1.29 is 19.2 Å². The molecule has 0 spiro atoms. The molecule has 28 heavy (non-hydrogen) atoms. The first-order chi connectivity index (χ1) is 13.4. The highest BCUT2D eigenvalue weighted by Crippen LogP contribution is 2.37. The Bertz CT molecular complexity index is 1050. The highest BCUT2D eigenvalue weighted by Gasteiger charge is 2.34. The van der Waals surface area contributed by atoms with Gasteiger partial charge >= 0.3 is 5.69 Å². The average Bonchev–Trinajstić information content (AvgIpc) is 2.95. The molecule has 140 valence electrons. The fourth-order valence-corrected chi connectivity index (χ4v) is 2.83. The topological polar surface area (TPSA) is 126 Å². The molecule has 1 saturated heterocycles. The number of hydrazine groups is 1. The third-order valence-corrected chi connectivity index (χ3v) is 4.02. The summed E-state index contributed by atoms with van der Waals surface area (Å²) in [7, 11) is 0. The molecule has 0 aromatic heterocycles. The van der Waals surface area contributed by atoms with Crippen molar-refractivity contribution in [2.24, 2.45) is 0 Å². The zero-order chi connectivity index (χ0) is 20.3. The summed E-state index contributed by atoms with van der Waals surface area (Å²) < 4.78 is 5.01. The molecule has 0 atom stereocenters. The Hall–Kier alpha value is -3.90. The van der Waals surface area contributed by atoms with Crippen LogP contribution in [0.15, 0.2) is 48.0 Å². The molecule has 1 fully saturated rings. The lowest BCUT2D eigenvalue weighted by Gasteiger charge is -2.13. The minimum atomic E-state index is -0.729. The molecule has 2 aromatic carbocycles. The minimum Gasteiger partial charge on any atom is -0.470 e. The van der Waals surface area contributed by atoms with E-state index in [1.54, 1.807) is 36.4 Å². The Morgan fingerprint density at radius 3 is 2.64 bits per heavy atom. The standard InChI is InChI=1S/C18H11ClN4O5/c19-14-9-11(10-15(23(26)27)16(14)28-7-6-20)8-13-17(24)21-22(18(13)25)12-4-2-1-3-5-12/h1-5,8-10H,7H2,(H,21,24). The predicted molar refractivity (Wildman–Crippen MR) is 99.3 cm³/mol. The highest BCUT2D eigenvalue weighted by atomic mass is 35.5. The first kappa shape index (κ1) is 18.9. The van der Waals surface area contributed by atoms with Gasteiger partial charge in [0.15, 0.2) is 6.61 Å². The molecule has 9 nitrogen and oxygen atoms in total. The van der Waals surface area contributed by atoms with Crippen molar-refractivity contribution in [2.45, 2.75) is 0 Å². The van der Waals surface area contributed by atoms with E-state index >= 15 is 0 Å². The van der Waals surface area contributed by atoms with Crippen molar-refractivity contribution in [3.05, 3.63) is 68.7 Å². The number of halogens is 1. The predicted octanol–water partition coefficient (Wildman–Crippen LogP) is 2.61. The number of nitrogens with one attached hydrogen (secondary N) is 1. The average molecular weight is 399 g/mol. The van der Waals surface area contributed by atoms with Gasteiger partial charge in [-0.3, -0.25) is 25.1 Å². The smallest absolute Gasteiger partial charge is 0.313 e. The number of benzene rings is 2. The Morgan fingerprint density at radius 1 is 1.29 bits per heavy atom. The van der Waals surface area contributed by atoms with E-state index in [0.717, 1.165) is 11.1 Å². The monoisotopic (exact) mass is 398 g/mol. The minimum absolute atomic E-state index is 0.123. The van der Waals surface area contributed by atoms with Crippen molar-refractivity contribution in [3.8, 4) is 11.8 Å². The quantitative estimate of drug-likeness (QED) is 0.357. The van der Waals surface area contributed by atoms with Crippen LogP contribution in [0.2, 0.25) is 5.02 Å². The van der Waals surface area contributed by atoms with Crippen molar-refractivity contribution in [3.63, 3.8) is 0 Å². The number of nitrogens with zero attached hydrogens (tertiary/aromatic N) is 3. The molecule has 0 bridgehead atoms. The van der Waals surface area contributed by atoms with Crippen LogP contribution in [0.25, 0.3) is 6.08 Å². The van der Waals surface area contributed by atoms with Gasteiger partial charge in [-0.25, -0.2) is 5.01 Å². The summed E-state index contributed by atoms with van der Waals surface area (Å²) in [4.78, 5) is 35.4. The molecule has 1 aliphatic rings. The van der Waals surface area contributed by atoms with Crippen LogP contribution in [-0.2, 0) is 9.59 Å². The Balaban J connectivity index is 1.99. The third-order valence-electron chi connectivity index (χ3n) is 3.74. The number of ether oxygens (including phenoxy) is 1. The second-order valence-corrected chi connectivity index (χ2v) is 5.94. The normalized spacial score (nSPS) is 14.7. The Morgan fingerprint density at radius 2 is 2.00 bits per heavy atom. The number of carbonyl (C=O) groups excluding carboxylic acids is 2. The van der Waals surface area contributed by atoms with Crippen molar-refractivity contribution in [2.75, 3.05) is 11.6 Å².